The van der Waals surface area contributed by atoms with E-state index in [1.807, 2.05) is 0 Å². The Morgan fingerprint density at radius 2 is 2.19 bits per heavy atom. The average Bonchev–Trinajstić information content (AvgIpc) is 3.50. The largest absolute Gasteiger partial charge is 0.543 e. The quantitative estimate of drug-likeness (QED) is 0.132. The molecule has 37 heavy (non-hydrogen) atoms. The molecule has 2 aliphatic rings. The predicted molar refractivity (Wildman–Crippen MR) is 127 cm³/mol. The number of nitrogen functional groups attached to an aromatic ring is 1. The topological polar surface area (TPSA) is 193 Å². The van der Waals surface area contributed by atoms with E-state index in [9.17, 15) is 19.5 Å². The van der Waals surface area contributed by atoms with Crippen LogP contribution in [0.3, 0.4) is 0 Å². The van der Waals surface area contributed by atoms with Gasteiger partial charge in [-0.3, -0.25) is 14.5 Å². The minimum absolute atomic E-state index is 0.0525. The average molecular weight is 546 g/mol. The van der Waals surface area contributed by atoms with E-state index >= 15 is 0 Å². The molecule has 2 aliphatic heterocycles. The summed E-state index contributed by atoms with van der Waals surface area (Å²) in [6, 6.07) is 2.48. The number of anilines is 1. The molecule has 5 rings (SSSR count). The number of ether oxygens (including phenoxy) is 1. The van der Waals surface area contributed by atoms with E-state index in [1.54, 1.807) is 33.6 Å². The van der Waals surface area contributed by atoms with Crippen LogP contribution in [0.1, 0.15) is 5.82 Å². The number of methoxy groups -OCH3 is 1. The molecule has 0 aliphatic carbocycles. The summed E-state index contributed by atoms with van der Waals surface area (Å²) in [4.78, 5) is 47.8. The zero-order chi connectivity index (χ0) is 26.3. The van der Waals surface area contributed by atoms with Crippen LogP contribution in [-0.2, 0) is 25.8 Å². The van der Waals surface area contributed by atoms with E-state index in [0.29, 0.717) is 22.9 Å². The van der Waals surface area contributed by atoms with Crippen LogP contribution in [0.15, 0.2) is 41.0 Å². The van der Waals surface area contributed by atoms with Gasteiger partial charge in [0.2, 0.25) is 11.5 Å². The lowest BCUT2D eigenvalue weighted by Gasteiger charge is -2.50. The van der Waals surface area contributed by atoms with Gasteiger partial charge in [0.05, 0.1) is 18.8 Å². The molecule has 0 unspecified atom stereocenters. The summed E-state index contributed by atoms with van der Waals surface area (Å²) in [7, 11) is 2.75. The summed E-state index contributed by atoms with van der Waals surface area (Å²) in [6.07, 6.45) is 3.45. The van der Waals surface area contributed by atoms with Crippen LogP contribution < -0.4 is 25.5 Å². The van der Waals surface area contributed by atoms with E-state index in [2.05, 4.69) is 24.9 Å². The van der Waals surface area contributed by atoms with Gasteiger partial charge in [-0.05, 0) is 5.10 Å². The van der Waals surface area contributed by atoms with Crippen LogP contribution in [-0.4, -0.2) is 78.8 Å². The minimum Gasteiger partial charge on any atom is -0.543 e. The first-order chi connectivity index (χ1) is 17.8. The zero-order valence-corrected chi connectivity index (χ0v) is 21.0. The highest BCUT2D eigenvalue weighted by Gasteiger charge is 2.53. The molecule has 1 fully saturated rings. The summed E-state index contributed by atoms with van der Waals surface area (Å²) in [5, 5.41) is 22.1. The summed E-state index contributed by atoms with van der Waals surface area (Å²) < 4.78 is 12.5. The van der Waals surface area contributed by atoms with Crippen molar-refractivity contribution in [2.75, 3.05) is 25.7 Å². The van der Waals surface area contributed by atoms with Gasteiger partial charge in [-0.1, -0.05) is 9.67 Å². The third kappa shape index (κ3) is 4.31. The van der Waals surface area contributed by atoms with Crippen molar-refractivity contribution in [1.82, 2.24) is 29.2 Å². The summed E-state index contributed by atoms with van der Waals surface area (Å²) in [6.45, 7) is 0.190. The molecule has 0 saturated carbocycles. The number of aliphatic carboxylic acids is 1. The maximum absolute atomic E-state index is 13.0. The maximum atomic E-state index is 13.0. The fourth-order valence-corrected chi connectivity index (χ4v) is 5.80. The second kappa shape index (κ2) is 9.66. The summed E-state index contributed by atoms with van der Waals surface area (Å²) in [5.41, 5.74) is 6.28. The van der Waals surface area contributed by atoms with Crippen molar-refractivity contribution in [3.8, 4) is 5.88 Å². The number of imidazole rings is 1. The molecule has 192 valence electrons. The van der Waals surface area contributed by atoms with Crippen molar-refractivity contribution in [3.63, 3.8) is 0 Å². The molecule has 5 heterocycles. The smallest absolute Gasteiger partial charge is 0.307 e. The monoisotopic (exact) mass is 545 g/mol. The van der Waals surface area contributed by atoms with Gasteiger partial charge < -0.3 is 30.5 Å². The Kier molecular flexibility index (Phi) is 6.38. The highest BCUT2D eigenvalue weighted by atomic mass is 32.2. The van der Waals surface area contributed by atoms with Crippen molar-refractivity contribution in [1.29, 1.82) is 0 Å². The summed E-state index contributed by atoms with van der Waals surface area (Å²) >= 11 is 2.19. The molecule has 3 aromatic heterocycles. The fourth-order valence-electron chi connectivity index (χ4n) is 4.03. The lowest BCUT2D eigenvalue weighted by atomic mass is 10.0. The second-order valence-electron chi connectivity index (χ2n) is 7.78. The van der Waals surface area contributed by atoms with Crippen molar-refractivity contribution >= 4 is 57.6 Å². The number of amides is 2. The number of thioether (sulfide) groups is 1. The molecule has 0 aromatic carbocycles. The van der Waals surface area contributed by atoms with Crippen LogP contribution >= 0.6 is 23.3 Å². The second-order valence-corrected chi connectivity index (χ2v) is 9.67. The predicted octanol–water partition coefficient (Wildman–Crippen LogP) is -2.48. The zero-order valence-electron chi connectivity index (χ0n) is 19.4. The first-order valence-electron chi connectivity index (χ1n) is 10.6. The van der Waals surface area contributed by atoms with Crippen molar-refractivity contribution < 1.29 is 33.6 Å². The number of nitrogens with two attached hydrogens (primary N) is 1. The number of fused-ring (bicyclic) bond motifs is 2. The first kappa shape index (κ1) is 24.4. The number of carbonyl (C=O) groups excluding carboxylic acids is 3. The molecule has 3 aromatic rings. The Balaban J connectivity index is 1.37. The van der Waals surface area contributed by atoms with Crippen molar-refractivity contribution in [2.24, 2.45) is 5.16 Å². The number of carbonyl (C=O) groups is 3. The van der Waals surface area contributed by atoms with Crippen LogP contribution in [0, 0.1) is 0 Å². The number of rotatable bonds is 8. The molecule has 2 amide bonds. The van der Waals surface area contributed by atoms with Gasteiger partial charge in [-0.25, -0.2) is 4.57 Å². The van der Waals surface area contributed by atoms with Crippen LogP contribution in [0.2, 0.25) is 0 Å². The molecule has 15 nitrogen and oxygen atoms in total. The molecular formula is C20H19N9O6S2. The third-order valence-electron chi connectivity index (χ3n) is 5.65. The van der Waals surface area contributed by atoms with Crippen LogP contribution in [0.4, 0.5) is 5.13 Å². The molecule has 3 N–H and O–H groups in total. The SMILES string of the molecule is CO/N=C(\C(=O)N[C@@H]1C(=O)N2C(C(=O)[O-])=C(C[n+]3ccn4nc(OC)ccc43)CS[C@H]12)c1nsc(N)n1. The molecular weight excluding hydrogens is 526 g/mol. The van der Waals surface area contributed by atoms with Gasteiger partial charge in [0.1, 0.15) is 31.3 Å². The standard InChI is InChI=1S/C20H19N9O6S2/c1-34-10-3-4-11-27(5-6-28(11)24-10)7-9-8-36-18-13(17(31)29(18)14(9)19(32)33)22-16(30)12(25-35-2)15-23-20(21)37-26-15/h3-6,13,18H,7-8H2,1-2H3,(H3-,21,22,23,26,30,32,33)/b25-12-/t13-,18-/m1/s1. The Morgan fingerprint density at radius 1 is 1.38 bits per heavy atom. The van der Waals surface area contributed by atoms with Gasteiger partial charge in [0, 0.05) is 35.0 Å². The molecule has 1 saturated heterocycles. The van der Waals surface area contributed by atoms with Gasteiger partial charge in [0.15, 0.2) is 11.3 Å². The fraction of sp³-hybridized carbons (Fsp3) is 0.300. The van der Waals surface area contributed by atoms with E-state index in [0.717, 1.165) is 16.4 Å². The third-order valence-corrected chi connectivity index (χ3v) is 7.53. The van der Waals surface area contributed by atoms with Gasteiger partial charge >= 0.3 is 5.65 Å². The minimum atomic E-state index is -1.48. The Labute approximate surface area is 216 Å². The van der Waals surface area contributed by atoms with E-state index in [1.165, 1.54) is 26.0 Å². The lowest BCUT2D eigenvalue weighted by Crippen LogP contribution is -2.71. The number of carboxylic acids is 1. The Morgan fingerprint density at radius 3 is 2.86 bits per heavy atom. The van der Waals surface area contributed by atoms with Gasteiger partial charge in [0.25, 0.3) is 17.7 Å². The molecule has 2 atom stereocenters. The first-order valence-corrected chi connectivity index (χ1v) is 12.5. The Hall–Kier alpha value is -4.25. The number of oxime groups is 1. The number of hydrogen-bond acceptors (Lipinski definition) is 13. The van der Waals surface area contributed by atoms with Crippen LogP contribution in [0.5, 0.6) is 5.88 Å². The van der Waals surface area contributed by atoms with Crippen molar-refractivity contribution in [2.45, 2.75) is 18.0 Å². The number of carboxylic acid groups (broad SMARTS) is 1. The van der Waals surface area contributed by atoms with E-state index < -0.39 is 29.2 Å². The van der Waals surface area contributed by atoms with Gasteiger partial charge in [-0.2, -0.15) is 9.36 Å². The number of aromatic nitrogens is 5. The van der Waals surface area contributed by atoms with Crippen LogP contribution in [0.25, 0.3) is 5.65 Å². The number of β-lactam (4-membered cyclic amide) rings is 1. The van der Waals surface area contributed by atoms with Gasteiger partial charge in [-0.15, -0.1) is 11.8 Å². The number of nitrogens with zero attached hydrogens (tertiary/aromatic N) is 7. The highest BCUT2D eigenvalue weighted by molar-refractivity contribution is 8.00. The van der Waals surface area contributed by atoms with Crippen molar-refractivity contribution in [3.05, 3.63) is 41.6 Å². The number of nitrogens with one attached hydrogen (secondary N) is 1. The molecule has 0 spiro atoms. The van der Waals surface area contributed by atoms with E-state index in [4.69, 9.17) is 15.3 Å². The molecule has 17 heteroatoms. The molecule has 0 radical (unpaired) electrons. The Bertz CT molecular complexity index is 1480. The van der Waals surface area contributed by atoms with E-state index in [-0.39, 0.29) is 28.9 Å². The summed E-state index contributed by atoms with van der Waals surface area (Å²) in [5.74, 6) is -2.17. The highest BCUT2D eigenvalue weighted by Crippen LogP contribution is 2.40. The molecule has 0 bridgehead atoms. The lowest BCUT2D eigenvalue weighted by molar-refractivity contribution is -0.662. The maximum Gasteiger partial charge on any atom is 0.307 e. The normalized spacial score (nSPS) is 19.5. The number of hydrogen-bond donors (Lipinski definition) is 2.